The van der Waals surface area contributed by atoms with Gasteiger partial charge in [0, 0.05) is 6.61 Å². The first-order chi connectivity index (χ1) is 6.24. The molecule has 1 aromatic rings. The molecule has 0 aliphatic heterocycles. The van der Waals surface area contributed by atoms with E-state index >= 15 is 0 Å². The summed E-state index contributed by atoms with van der Waals surface area (Å²) in [5.74, 6) is 0.680. The Balaban J connectivity index is 2.56. The van der Waals surface area contributed by atoms with Crippen LogP contribution in [-0.2, 0) is 4.74 Å². The van der Waals surface area contributed by atoms with Crippen LogP contribution in [0.5, 0.6) is 5.75 Å². The average molecular weight is 181 g/mol. The lowest BCUT2D eigenvalue weighted by Gasteiger charge is -2.08. The molecule has 1 rings (SSSR count). The summed E-state index contributed by atoms with van der Waals surface area (Å²) in [6.45, 7) is 4.81. The zero-order valence-electron chi connectivity index (χ0n) is 8.04. The summed E-state index contributed by atoms with van der Waals surface area (Å²) in [6.07, 6.45) is 0. The lowest BCUT2D eigenvalue weighted by Crippen LogP contribution is -2.04. The van der Waals surface area contributed by atoms with Crippen LogP contribution in [0.2, 0.25) is 0 Å². The molecule has 0 aromatic heterocycles. The summed E-state index contributed by atoms with van der Waals surface area (Å²) in [6, 6.07) is 5.68. The third-order valence-corrected chi connectivity index (χ3v) is 1.67. The Bertz CT molecular complexity index is 274. The number of benzene rings is 1. The van der Waals surface area contributed by atoms with Gasteiger partial charge in [-0.3, -0.25) is 0 Å². The number of ether oxygens (including phenoxy) is 2. The van der Waals surface area contributed by atoms with Gasteiger partial charge in [-0.1, -0.05) is 6.07 Å². The maximum absolute atomic E-state index is 5.72. The quantitative estimate of drug-likeness (QED) is 0.438. The molecule has 3 heteroatoms. The molecule has 0 bridgehead atoms. The van der Waals surface area contributed by atoms with E-state index in [2.05, 4.69) is 0 Å². The van der Waals surface area contributed by atoms with Gasteiger partial charge < -0.3 is 15.2 Å². The SMILES string of the molecule is CCOCOc1ccc(C)cc1N. The number of nitrogens with two attached hydrogens (primary N) is 1. The van der Waals surface area contributed by atoms with Gasteiger partial charge in [0.15, 0.2) is 6.79 Å². The van der Waals surface area contributed by atoms with Crippen molar-refractivity contribution in [2.45, 2.75) is 13.8 Å². The van der Waals surface area contributed by atoms with E-state index in [9.17, 15) is 0 Å². The fraction of sp³-hybridized carbons (Fsp3) is 0.400. The molecule has 0 unspecified atom stereocenters. The number of anilines is 1. The second kappa shape index (κ2) is 4.72. The summed E-state index contributed by atoms with van der Waals surface area (Å²) in [5, 5.41) is 0. The third kappa shape index (κ3) is 2.95. The minimum Gasteiger partial charge on any atom is -0.465 e. The molecule has 0 heterocycles. The Morgan fingerprint density at radius 2 is 2.15 bits per heavy atom. The molecule has 0 atom stereocenters. The number of aryl methyl sites for hydroxylation is 1. The van der Waals surface area contributed by atoms with E-state index in [0.717, 1.165) is 5.56 Å². The highest BCUT2D eigenvalue weighted by Crippen LogP contribution is 2.21. The molecule has 0 saturated heterocycles. The van der Waals surface area contributed by atoms with Gasteiger partial charge >= 0.3 is 0 Å². The Morgan fingerprint density at radius 1 is 1.38 bits per heavy atom. The van der Waals surface area contributed by atoms with Crippen molar-refractivity contribution in [1.29, 1.82) is 0 Å². The minimum absolute atomic E-state index is 0.254. The zero-order chi connectivity index (χ0) is 9.68. The highest BCUT2D eigenvalue weighted by Gasteiger charge is 1.98. The first-order valence-electron chi connectivity index (χ1n) is 4.30. The lowest BCUT2D eigenvalue weighted by atomic mass is 10.2. The maximum Gasteiger partial charge on any atom is 0.189 e. The molecule has 0 aliphatic rings. The summed E-state index contributed by atoms with van der Waals surface area (Å²) >= 11 is 0. The van der Waals surface area contributed by atoms with Crippen LogP contribution in [0.4, 0.5) is 5.69 Å². The Labute approximate surface area is 78.5 Å². The van der Waals surface area contributed by atoms with Crippen LogP contribution >= 0.6 is 0 Å². The van der Waals surface area contributed by atoms with E-state index in [0.29, 0.717) is 18.0 Å². The summed E-state index contributed by atoms with van der Waals surface area (Å²) in [7, 11) is 0. The predicted octanol–water partition coefficient (Wildman–Crippen LogP) is 1.95. The monoisotopic (exact) mass is 181 g/mol. The van der Waals surface area contributed by atoms with E-state index in [-0.39, 0.29) is 6.79 Å². The first-order valence-corrected chi connectivity index (χ1v) is 4.30. The largest absolute Gasteiger partial charge is 0.465 e. The highest BCUT2D eigenvalue weighted by molar-refractivity contribution is 5.53. The van der Waals surface area contributed by atoms with E-state index in [1.807, 2.05) is 32.0 Å². The molecule has 0 amide bonds. The lowest BCUT2D eigenvalue weighted by molar-refractivity contribution is 0.0228. The van der Waals surface area contributed by atoms with E-state index in [1.54, 1.807) is 0 Å². The summed E-state index contributed by atoms with van der Waals surface area (Å²) in [5.41, 5.74) is 7.50. The van der Waals surface area contributed by atoms with Gasteiger partial charge in [0.05, 0.1) is 5.69 Å². The van der Waals surface area contributed by atoms with E-state index < -0.39 is 0 Å². The third-order valence-electron chi connectivity index (χ3n) is 1.67. The van der Waals surface area contributed by atoms with Gasteiger partial charge in [0.1, 0.15) is 5.75 Å². The number of hydrogen-bond donors (Lipinski definition) is 1. The van der Waals surface area contributed by atoms with Gasteiger partial charge in [0.2, 0.25) is 0 Å². The highest BCUT2D eigenvalue weighted by atomic mass is 16.7. The molecule has 0 radical (unpaired) electrons. The first kappa shape index (κ1) is 9.86. The molecule has 13 heavy (non-hydrogen) atoms. The Morgan fingerprint density at radius 3 is 2.77 bits per heavy atom. The molecule has 0 fully saturated rings. The zero-order valence-corrected chi connectivity index (χ0v) is 8.04. The van der Waals surface area contributed by atoms with Gasteiger partial charge in [-0.15, -0.1) is 0 Å². The summed E-state index contributed by atoms with van der Waals surface area (Å²) < 4.78 is 10.3. The van der Waals surface area contributed by atoms with Crippen molar-refractivity contribution in [3.63, 3.8) is 0 Å². The van der Waals surface area contributed by atoms with Gasteiger partial charge in [-0.25, -0.2) is 0 Å². The van der Waals surface area contributed by atoms with Crippen LogP contribution in [0, 0.1) is 6.92 Å². The second-order valence-electron chi connectivity index (χ2n) is 2.80. The molecule has 0 saturated carbocycles. The van der Waals surface area contributed by atoms with Crippen molar-refractivity contribution < 1.29 is 9.47 Å². The normalized spacial score (nSPS) is 10.0. The molecule has 2 N–H and O–H groups in total. The molecule has 72 valence electrons. The molecule has 0 aliphatic carbocycles. The maximum atomic E-state index is 5.72. The molecule has 3 nitrogen and oxygen atoms in total. The van der Waals surface area contributed by atoms with Gasteiger partial charge in [0.25, 0.3) is 0 Å². The van der Waals surface area contributed by atoms with Crippen molar-refractivity contribution in [1.82, 2.24) is 0 Å². The van der Waals surface area contributed by atoms with Gasteiger partial charge in [-0.05, 0) is 31.5 Å². The van der Waals surface area contributed by atoms with Gasteiger partial charge in [-0.2, -0.15) is 0 Å². The predicted molar refractivity (Wildman–Crippen MR) is 52.7 cm³/mol. The molecular weight excluding hydrogens is 166 g/mol. The number of hydrogen-bond acceptors (Lipinski definition) is 3. The number of nitrogen functional groups attached to an aromatic ring is 1. The summed E-state index contributed by atoms with van der Waals surface area (Å²) in [4.78, 5) is 0. The standard InChI is InChI=1S/C10H15NO2/c1-3-12-7-13-10-5-4-8(2)6-9(10)11/h4-6H,3,7,11H2,1-2H3. The van der Waals surface area contributed by atoms with Crippen LogP contribution in [-0.4, -0.2) is 13.4 Å². The van der Waals surface area contributed by atoms with Crippen LogP contribution in [0.3, 0.4) is 0 Å². The van der Waals surface area contributed by atoms with Crippen LogP contribution in [0.25, 0.3) is 0 Å². The Kier molecular flexibility index (Phi) is 3.58. The fourth-order valence-corrected chi connectivity index (χ4v) is 0.988. The van der Waals surface area contributed by atoms with E-state index in [1.165, 1.54) is 0 Å². The average Bonchev–Trinajstić information content (AvgIpc) is 2.09. The molecule has 0 spiro atoms. The van der Waals surface area contributed by atoms with Crippen LogP contribution in [0.15, 0.2) is 18.2 Å². The van der Waals surface area contributed by atoms with Crippen LogP contribution in [0.1, 0.15) is 12.5 Å². The molecular formula is C10H15NO2. The van der Waals surface area contributed by atoms with Crippen molar-refractivity contribution in [2.24, 2.45) is 0 Å². The molecule has 1 aromatic carbocycles. The topological polar surface area (TPSA) is 44.5 Å². The van der Waals surface area contributed by atoms with E-state index in [4.69, 9.17) is 15.2 Å². The van der Waals surface area contributed by atoms with Crippen LogP contribution < -0.4 is 10.5 Å². The number of rotatable bonds is 4. The van der Waals surface area contributed by atoms with Crippen molar-refractivity contribution in [2.75, 3.05) is 19.1 Å². The Hall–Kier alpha value is -1.22. The minimum atomic E-state index is 0.254. The van der Waals surface area contributed by atoms with Crippen molar-refractivity contribution in [3.8, 4) is 5.75 Å². The second-order valence-corrected chi connectivity index (χ2v) is 2.80. The fourth-order valence-electron chi connectivity index (χ4n) is 0.988. The van der Waals surface area contributed by atoms with Crippen molar-refractivity contribution >= 4 is 5.69 Å². The smallest absolute Gasteiger partial charge is 0.189 e. The van der Waals surface area contributed by atoms with Crippen molar-refractivity contribution in [3.05, 3.63) is 23.8 Å².